The monoisotopic (exact) mass is 527 g/mol. The van der Waals surface area contributed by atoms with Gasteiger partial charge >= 0.3 is 0 Å². The first-order valence-corrected chi connectivity index (χ1v) is 13.6. The van der Waals surface area contributed by atoms with Crippen molar-refractivity contribution in [2.75, 3.05) is 11.2 Å². The Hall–Kier alpha value is -2.46. The molecule has 2 aliphatic heterocycles. The van der Waals surface area contributed by atoms with Crippen molar-refractivity contribution in [1.82, 2.24) is 10.3 Å². The summed E-state index contributed by atoms with van der Waals surface area (Å²) < 4.78 is 56.0. The molecule has 3 atom stereocenters. The van der Waals surface area contributed by atoms with Crippen molar-refractivity contribution in [3.05, 3.63) is 47.1 Å². The van der Waals surface area contributed by atoms with E-state index in [1.165, 1.54) is 18.3 Å². The number of halogens is 3. The minimum atomic E-state index is -3.32. The number of carbonyl (C=O) groups is 1. The van der Waals surface area contributed by atoms with E-state index >= 15 is 0 Å². The fourth-order valence-corrected chi connectivity index (χ4v) is 5.62. The molecule has 1 unspecified atom stereocenters. The average Bonchev–Trinajstić information content (AvgIpc) is 3.04. The van der Waals surface area contributed by atoms with Crippen LogP contribution in [0.25, 0.3) is 0 Å². The number of sulfone groups is 1. The molecule has 2 aliphatic rings. The molecule has 2 bridgehead atoms. The van der Waals surface area contributed by atoms with Crippen LogP contribution in [0.5, 0.6) is 5.75 Å². The van der Waals surface area contributed by atoms with Crippen LogP contribution >= 0.6 is 11.6 Å². The molecule has 1 aromatic carbocycles. The van der Waals surface area contributed by atoms with Crippen molar-refractivity contribution >= 4 is 33.2 Å². The molecule has 2 aromatic rings. The summed E-state index contributed by atoms with van der Waals surface area (Å²) in [4.78, 5) is 19.8. The number of fused-ring (bicyclic) bond motifs is 2. The van der Waals surface area contributed by atoms with Crippen molar-refractivity contribution in [3.63, 3.8) is 0 Å². The third kappa shape index (κ3) is 5.53. The van der Waals surface area contributed by atoms with E-state index in [4.69, 9.17) is 16.3 Å². The first-order valence-electron chi connectivity index (χ1n) is 11.4. The Kier molecular flexibility index (Phi) is 6.98. The van der Waals surface area contributed by atoms with E-state index in [2.05, 4.69) is 15.2 Å². The third-order valence-electron chi connectivity index (χ3n) is 6.60. The zero-order valence-corrected chi connectivity index (χ0v) is 21.2. The summed E-state index contributed by atoms with van der Waals surface area (Å²) in [5.41, 5.74) is -1.74. The summed E-state index contributed by atoms with van der Waals surface area (Å²) in [6, 6.07) is 7.43. The molecule has 3 heterocycles. The molecule has 2 saturated heterocycles. The number of anilines is 1. The molecule has 0 saturated carbocycles. The van der Waals surface area contributed by atoms with E-state index in [0.717, 1.165) is 31.0 Å². The number of ether oxygens (including phenoxy) is 1. The van der Waals surface area contributed by atoms with Gasteiger partial charge < -0.3 is 15.0 Å². The number of piperidine rings is 1. The molecule has 35 heavy (non-hydrogen) atoms. The van der Waals surface area contributed by atoms with E-state index in [1.807, 2.05) is 0 Å². The van der Waals surface area contributed by atoms with Gasteiger partial charge in [-0.1, -0.05) is 11.6 Å². The van der Waals surface area contributed by atoms with Crippen LogP contribution in [0.4, 0.5) is 14.6 Å². The van der Waals surface area contributed by atoms with Gasteiger partial charge in [0.05, 0.1) is 10.5 Å². The number of nitrogens with one attached hydrogen (secondary N) is 1. The molecule has 1 amide bonds. The van der Waals surface area contributed by atoms with Crippen molar-refractivity contribution in [1.29, 1.82) is 0 Å². The van der Waals surface area contributed by atoms with Gasteiger partial charge in [-0.05, 0) is 69.9 Å². The first kappa shape index (κ1) is 25.6. The van der Waals surface area contributed by atoms with Crippen LogP contribution < -0.4 is 15.0 Å². The summed E-state index contributed by atoms with van der Waals surface area (Å²) in [7, 11) is -3.32. The largest absolute Gasteiger partial charge is 0.478 e. The standard InChI is InChI=1S/C24H28ClF2N3O4S/c1-24(2,34-20-8-4-14(25)10-19(20)22(26)27)23(31)29-15-11-16-5-6-17(12-15)30(16)21-9-7-18(13-28-21)35(3,32)33/h4,7-10,13,15-17,22H,5-6,11-12H2,1-3H3,(H,29,31)/t15?,16-,17+. The summed E-state index contributed by atoms with van der Waals surface area (Å²) in [5.74, 6) is 0.254. The lowest BCUT2D eigenvalue weighted by Gasteiger charge is -2.41. The van der Waals surface area contributed by atoms with Gasteiger partial charge in [0, 0.05) is 35.6 Å². The van der Waals surface area contributed by atoms with Crippen molar-refractivity contribution < 1.29 is 26.7 Å². The molecule has 0 aliphatic carbocycles. The molecule has 0 radical (unpaired) electrons. The number of aromatic nitrogens is 1. The van der Waals surface area contributed by atoms with Gasteiger partial charge in [0.1, 0.15) is 11.6 Å². The zero-order chi connectivity index (χ0) is 25.5. The molecular weight excluding hydrogens is 500 g/mol. The molecule has 2 fully saturated rings. The van der Waals surface area contributed by atoms with Gasteiger partial charge in [0.2, 0.25) is 0 Å². The molecular formula is C24H28ClF2N3O4S. The summed E-state index contributed by atoms with van der Waals surface area (Å²) >= 11 is 5.84. The lowest BCUT2D eigenvalue weighted by Crippen LogP contribution is -2.55. The van der Waals surface area contributed by atoms with Gasteiger partial charge in [-0.25, -0.2) is 22.2 Å². The second-order valence-electron chi connectivity index (χ2n) is 9.65. The number of benzene rings is 1. The van der Waals surface area contributed by atoms with Crippen molar-refractivity contribution in [3.8, 4) is 5.75 Å². The molecule has 1 N–H and O–H groups in total. The lowest BCUT2D eigenvalue weighted by molar-refractivity contribution is -0.135. The van der Waals surface area contributed by atoms with E-state index in [0.29, 0.717) is 12.8 Å². The highest BCUT2D eigenvalue weighted by Crippen LogP contribution is 2.39. The maximum atomic E-state index is 13.4. The zero-order valence-electron chi connectivity index (χ0n) is 19.7. The fraction of sp³-hybridized carbons (Fsp3) is 0.500. The molecule has 4 rings (SSSR count). The van der Waals surface area contributed by atoms with E-state index in [-0.39, 0.29) is 45.3 Å². The van der Waals surface area contributed by atoms with Crippen LogP contribution in [-0.2, 0) is 14.6 Å². The Labute approximate surface area is 208 Å². The van der Waals surface area contributed by atoms with Gasteiger partial charge in [-0.2, -0.15) is 0 Å². The van der Waals surface area contributed by atoms with Crippen LogP contribution in [-0.4, -0.2) is 49.3 Å². The van der Waals surface area contributed by atoms with Gasteiger partial charge in [-0.3, -0.25) is 4.79 Å². The maximum absolute atomic E-state index is 13.4. The predicted molar refractivity (Wildman–Crippen MR) is 129 cm³/mol. The van der Waals surface area contributed by atoms with Crippen LogP contribution in [0.2, 0.25) is 5.02 Å². The molecule has 0 spiro atoms. The highest BCUT2D eigenvalue weighted by atomic mass is 35.5. The number of rotatable bonds is 7. The topological polar surface area (TPSA) is 88.6 Å². The van der Waals surface area contributed by atoms with Crippen molar-refractivity contribution in [2.45, 2.75) is 74.6 Å². The smallest absolute Gasteiger partial charge is 0.267 e. The first-order chi connectivity index (χ1) is 16.3. The Balaban J connectivity index is 1.42. The van der Waals surface area contributed by atoms with Crippen LogP contribution in [0.3, 0.4) is 0 Å². The highest BCUT2D eigenvalue weighted by molar-refractivity contribution is 7.90. The quantitative estimate of drug-likeness (QED) is 0.568. The summed E-state index contributed by atoms with van der Waals surface area (Å²) in [5, 5.41) is 3.20. The van der Waals surface area contributed by atoms with E-state index in [9.17, 15) is 22.0 Å². The van der Waals surface area contributed by atoms with Crippen LogP contribution in [0, 0.1) is 0 Å². The average molecular weight is 528 g/mol. The number of alkyl halides is 2. The van der Waals surface area contributed by atoms with Crippen molar-refractivity contribution in [2.24, 2.45) is 0 Å². The number of hydrogen-bond donors (Lipinski definition) is 1. The van der Waals surface area contributed by atoms with Crippen LogP contribution in [0.1, 0.15) is 51.5 Å². The molecule has 7 nitrogen and oxygen atoms in total. The number of hydrogen-bond acceptors (Lipinski definition) is 6. The summed E-state index contributed by atoms with van der Waals surface area (Å²) in [6.07, 6.45) is 3.00. The minimum Gasteiger partial charge on any atom is -0.478 e. The lowest BCUT2D eigenvalue weighted by atomic mass is 9.96. The predicted octanol–water partition coefficient (Wildman–Crippen LogP) is 4.55. The van der Waals surface area contributed by atoms with Crippen LogP contribution in [0.15, 0.2) is 41.4 Å². The number of pyridine rings is 1. The Morgan fingerprint density at radius 1 is 1.20 bits per heavy atom. The maximum Gasteiger partial charge on any atom is 0.267 e. The van der Waals surface area contributed by atoms with Gasteiger partial charge in [0.25, 0.3) is 12.3 Å². The second kappa shape index (κ2) is 9.54. The Morgan fingerprint density at radius 3 is 2.40 bits per heavy atom. The fourth-order valence-electron chi connectivity index (χ4n) is 4.88. The third-order valence-corrected chi connectivity index (χ3v) is 7.93. The second-order valence-corrected chi connectivity index (χ2v) is 12.1. The Bertz CT molecular complexity index is 1190. The highest BCUT2D eigenvalue weighted by Gasteiger charge is 2.43. The Morgan fingerprint density at radius 2 is 1.86 bits per heavy atom. The van der Waals surface area contributed by atoms with Gasteiger partial charge in [-0.15, -0.1) is 0 Å². The number of amides is 1. The van der Waals surface area contributed by atoms with E-state index < -0.39 is 21.9 Å². The minimum absolute atomic E-state index is 0.0805. The number of nitrogens with zero attached hydrogens (tertiary/aromatic N) is 2. The molecule has 11 heteroatoms. The van der Waals surface area contributed by atoms with E-state index in [1.54, 1.807) is 26.0 Å². The normalized spacial score (nSPS) is 22.4. The van der Waals surface area contributed by atoms with Gasteiger partial charge in [0.15, 0.2) is 15.4 Å². The summed E-state index contributed by atoms with van der Waals surface area (Å²) in [6.45, 7) is 3.09. The molecule has 190 valence electrons. The number of carbonyl (C=O) groups excluding carboxylic acids is 1. The molecule has 1 aromatic heterocycles. The SMILES string of the molecule is CC(C)(Oc1ccc(Cl)cc1C(F)F)C(=O)NC1C[C@H]2CC[C@@H](C1)N2c1ccc(S(C)(=O)=O)cn1.